The van der Waals surface area contributed by atoms with Crippen molar-refractivity contribution in [2.45, 2.75) is 64.7 Å². The highest BCUT2D eigenvalue weighted by molar-refractivity contribution is 5.89. The first kappa shape index (κ1) is 21.3. The van der Waals surface area contributed by atoms with Crippen LogP contribution in [0.3, 0.4) is 0 Å². The van der Waals surface area contributed by atoms with Gasteiger partial charge in [0.1, 0.15) is 5.60 Å². The van der Waals surface area contributed by atoms with E-state index in [2.05, 4.69) is 5.32 Å². The summed E-state index contributed by atoms with van der Waals surface area (Å²) in [6, 6.07) is 1.94. The summed E-state index contributed by atoms with van der Waals surface area (Å²) in [6.45, 7) is 5.22. The molecular formula is C18H25F3N2O4. The standard InChI is InChI=1S/C18H25F3N2O4/c1-17(2,3)27-16(24)23-14-8-11(10-26-15-6-4-5-7-25-15)12(9-13(14)22)18(19,20)21/h8-9,15H,4-7,10,22H2,1-3H3,(H,23,24). The van der Waals surface area contributed by atoms with Crippen LogP contribution in [0, 0.1) is 0 Å². The number of amides is 1. The van der Waals surface area contributed by atoms with E-state index >= 15 is 0 Å². The van der Waals surface area contributed by atoms with Gasteiger partial charge in [0.15, 0.2) is 6.29 Å². The number of anilines is 2. The first-order chi connectivity index (χ1) is 12.5. The second-order valence-corrected chi connectivity index (χ2v) is 7.33. The van der Waals surface area contributed by atoms with Crippen LogP contribution in [0.5, 0.6) is 0 Å². The Kier molecular flexibility index (Phi) is 6.59. The molecule has 1 amide bonds. The van der Waals surface area contributed by atoms with Crippen molar-refractivity contribution < 1.29 is 32.2 Å². The van der Waals surface area contributed by atoms with Gasteiger partial charge in [0.05, 0.1) is 23.5 Å². The lowest BCUT2D eigenvalue weighted by atomic mass is 10.0. The monoisotopic (exact) mass is 390 g/mol. The Bertz CT molecular complexity index is 666. The van der Waals surface area contributed by atoms with Crippen LogP contribution in [0.15, 0.2) is 12.1 Å². The van der Waals surface area contributed by atoms with Gasteiger partial charge in [-0.3, -0.25) is 5.32 Å². The number of carbonyl (C=O) groups excluding carboxylic acids is 1. The Morgan fingerprint density at radius 2 is 2.00 bits per heavy atom. The fourth-order valence-corrected chi connectivity index (χ4v) is 2.59. The van der Waals surface area contributed by atoms with Gasteiger partial charge in [0.25, 0.3) is 0 Å². The fourth-order valence-electron chi connectivity index (χ4n) is 2.59. The average molecular weight is 390 g/mol. The van der Waals surface area contributed by atoms with E-state index in [-0.39, 0.29) is 23.5 Å². The van der Waals surface area contributed by atoms with E-state index < -0.39 is 29.7 Å². The molecule has 1 saturated heterocycles. The van der Waals surface area contributed by atoms with Gasteiger partial charge in [-0.05, 0) is 57.7 Å². The van der Waals surface area contributed by atoms with E-state index in [4.69, 9.17) is 19.9 Å². The molecule has 27 heavy (non-hydrogen) atoms. The number of alkyl halides is 3. The minimum Gasteiger partial charge on any atom is -0.444 e. The summed E-state index contributed by atoms with van der Waals surface area (Å²) in [5.41, 5.74) is 3.71. The highest BCUT2D eigenvalue weighted by Gasteiger charge is 2.34. The number of hydrogen-bond donors (Lipinski definition) is 2. The Morgan fingerprint density at radius 3 is 2.56 bits per heavy atom. The summed E-state index contributed by atoms with van der Waals surface area (Å²) in [5.74, 6) is 0. The molecule has 1 aliphatic rings. The molecule has 6 nitrogen and oxygen atoms in total. The largest absolute Gasteiger partial charge is 0.444 e. The van der Waals surface area contributed by atoms with Gasteiger partial charge in [-0.15, -0.1) is 0 Å². The second kappa shape index (κ2) is 8.35. The molecule has 3 N–H and O–H groups in total. The lowest BCUT2D eigenvalue weighted by Gasteiger charge is -2.24. The molecule has 1 atom stereocenters. The number of nitrogens with one attached hydrogen (secondary N) is 1. The van der Waals surface area contributed by atoms with Gasteiger partial charge in [-0.2, -0.15) is 13.2 Å². The van der Waals surface area contributed by atoms with Crippen molar-refractivity contribution in [2.75, 3.05) is 17.7 Å². The van der Waals surface area contributed by atoms with Crippen LogP contribution in [0.2, 0.25) is 0 Å². The van der Waals surface area contributed by atoms with Gasteiger partial charge < -0.3 is 19.9 Å². The Morgan fingerprint density at radius 1 is 1.30 bits per heavy atom. The number of benzene rings is 1. The molecule has 152 valence electrons. The van der Waals surface area contributed by atoms with Crippen LogP contribution in [-0.4, -0.2) is 24.6 Å². The minimum absolute atomic E-state index is 0.0282. The molecule has 1 aromatic carbocycles. The van der Waals surface area contributed by atoms with Crippen molar-refractivity contribution in [3.05, 3.63) is 23.3 Å². The zero-order chi connectivity index (χ0) is 20.2. The number of ether oxygens (including phenoxy) is 3. The van der Waals surface area contributed by atoms with Gasteiger partial charge in [-0.1, -0.05) is 0 Å². The van der Waals surface area contributed by atoms with Crippen LogP contribution in [-0.2, 0) is 27.0 Å². The van der Waals surface area contributed by atoms with Crippen LogP contribution in [0.4, 0.5) is 29.3 Å². The van der Waals surface area contributed by atoms with Crippen molar-refractivity contribution in [2.24, 2.45) is 0 Å². The van der Waals surface area contributed by atoms with Crippen molar-refractivity contribution in [1.29, 1.82) is 0 Å². The Balaban J connectivity index is 2.21. The summed E-state index contributed by atoms with van der Waals surface area (Å²) < 4.78 is 56.0. The highest BCUT2D eigenvalue weighted by atomic mass is 19.4. The lowest BCUT2D eigenvalue weighted by Crippen LogP contribution is -2.27. The summed E-state index contributed by atoms with van der Waals surface area (Å²) in [4.78, 5) is 11.9. The van der Waals surface area contributed by atoms with Crippen molar-refractivity contribution in [1.82, 2.24) is 0 Å². The van der Waals surface area contributed by atoms with Gasteiger partial charge in [0.2, 0.25) is 0 Å². The van der Waals surface area contributed by atoms with Gasteiger partial charge in [0, 0.05) is 6.61 Å². The Labute approximate surface area is 156 Å². The molecule has 0 saturated carbocycles. The summed E-state index contributed by atoms with van der Waals surface area (Å²) >= 11 is 0. The number of halogens is 3. The molecule has 0 bridgehead atoms. The molecule has 1 heterocycles. The van der Waals surface area contributed by atoms with E-state index in [1.54, 1.807) is 20.8 Å². The van der Waals surface area contributed by atoms with Crippen LogP contribution in [0.1, 0.15) is 51.2 Å². The second-order valence-electron chi connectivity index (χ2n) is 7.33. The number of rotatable bonds is 4. The van der Waals surface area contributed by atoms with Crippen molar-refractivity contribution in [3.8, 4) is 0 Å². The minimum atomic E-state index is -4.61. The maximum absolute atomic E-state index is 13.4. The smallest absolute Gasteiger partial charge is 0.416 e. The number of nitrogens with two attached hydrogens (primary N) is 1. The molecule has 9 heteroatoms. The SMILES string of the molecule is CC(C)(C)OC(=O)Nc1cc(COC2CCCCO2)c(C(F)(F)F)cc1N. The molecule has 1 aliphatic heterocycles. The molecule has 2 rings (SSSR count). The molecule has 0 radical (unpaired) electrons. The predicted octanol–water partition coefficient (Wildman–Crippen LogP) is 4.68. The maximum atomic E-state index is 13.4. The first-order valence-corrected chi connectivity index (χ1v) is 8.68. The molecule has 0 spiro atoms. The zero-order valence-corrected chi connectivity index (χ0v) is 15.6. The van der Waals surface area contributed by atoms with E-state index in [1.165, 1.54) is 0 Å². The lowest BCUT2D eigenvalue weighted by molar-refractivity contribution is -0.171. The average Bonchev–Trinajstić information content (AvgIpc) is 2.53. The van der Waals surface area contributed by atoms with Crippen LogP contribution >= 0.6 is 0 Å². The van der Waals surface area contributed by atoms with Gasteiger partial charge in [-0.25, -0.2) is 4.79 Å². The molecule has 0 aliphatic carbocycles. The zero-order valence-electron chi connectivity index (χ0n) is 15.6. The quantitative estimate of drug-likeness (QED) is 0.730. The third-order valence-electron chi connectivity index (χ3n) is 3.78. The summed E-state index contributed by atoms with van der Waals surface area (Å²) in [5, 5.41) is 2.38. The van der Waals surface area contributed by atoms with E-state index in [1.807, 2.05) is 0 Å². The van der Waals surface area contributed by atoms with E-state index in [0.29, 0.717) is 13.0 Å². The normalized spacial score (nSPS) is 18.2. The van der Waals surface area contributed by atoms with Crippen LogP contribution in [0.25, 0.3) is 0 Å². The third kappa shape index (κ3) is 6.59. The number of hydrogen-bond acceptors (Lipinski definition) is 5. The van der Waals surface area contributed by atoms with Crippen molar-refractivity contribution >= 4 is 17.5 Å². The van der Waals surface area contributed by atoms with E-state index in [9.17, 15) is 18.0 Å². The molecule has 1 fully saturated rings. The topological polar surface area (TPSA) is 82.8 Å². The van der Waals surface area contributed by atoms with Gasteiger partial charge >= 0.3 is 12.3 Å². The number of nitrogen functional groups attached to an aromatic ring is 1. The third-order valence-corrected chi connectivity index (χ3v) is 3.78. The molecule has 1 unspecified atom stereocenters. The van der Waals surface area contributed by atoms with Crippen molar-refractivity contribution in [3.63, 3.8) is 0 Å². The highest BCUT2D eigenvalue weighted by Crippen LogP contribution is 2.37. The van der Waals surface area contributed by atoms with E-state index in [0.717, 1.165) is 25.0 Å². The number of carbonyl (C=O) groups is 1. The maximum Gasteiger partial charge on any atom is 0.416 e. The molecular weight excluding hydrogens is 365 g/mol. The molecule has 1 aromatic rings. The predicted molar refractivity (Wildman–Crippen MR) is 94.1 cm³/mol. The van der Waals surface area contributed by atoms with Crippen LogP contribution < -0.4 is 11.1 Å². The summed E-state index contributed by atoms with van der Waals surface area (Å²) in [6.07, 6.45) is -3.54. The summed E-state index contributed by atoms with van der Waals surface area (Å²) in [7, 11) is 0. The fraction of sp³-hybridized carbons (Fsp3) is 0.611. The molecule has 0 aromatic heterocycles. The first-order valence-electron chi connectivity index (χ1n) is 8.68. The Hall–Kier alpha value is -2.00.